The van der Waals surface area contributed by atoms with Crippen LogP contribution in [0.2, 0.25) is 10.0 Å². The van der Waals surface area contributed by atoms with Gasteiger partial charge in [0.1, 0.15) is 22.5 Å². The summed E-state index contributed by atoms with van der Waals surface area (Å²) in [5.41, 5.74) is 0.687. The van der Waals surface area contributed by atoms with Gasteiger partial charge in [0.2, 0.25) is 0 Å². The minimum atomic E-state index is -3.49. The molecular formula is C24H19Cl2NO6S. The van der Waals surface area contributed by atoms with E-state index in [1.807, 2.05) is 36.4 Å². The smallest absolute Gasteiger partial charge is 0.329 e. The highest BCUT2D eigenvalue weighted by atomic mass is 35.5. The van der Waals surface area contributed by atoms with E-state index >= 15 is 0 Å². The Labute approximate surface area is 206 Å². The van der Waals surface area contributed by atoms with Crippen molar-refractivity contribution in [3.05, 3.63) is 81.3 Å². The zero-order valence-corrected chi connectivity index (χ0v) is 20.3. The average Bonchev–Trinajstić information content (AvgIpc) is 3.01. The number of carbonyl (C=O) groups excluding carboxylic acids is 3. The molecule has 0 spiro atoms. The number of hydrogen-bond donors (Lipinski definition) is 0. The third-order valence-electron chi connectivity index (χ3n) is 5.50. The molecule has 3 aromatic carbocycles. The van der Waals surface area contributed by atoms with Crippen LogP contribution in [0.25, 0.3) is 10.8 Å². The molecule has 0 saturated carbocycles. The van der Waals surface area contributed by atoms with E-state index < -0.39 is 39.4 Å². The minimum absolute atomic E-state index is 0.00825. The second-order valence-electron chi connectivity index (χ2n) is 8.02. The second-order valence-corrected chi connectivity index (χ2v) is 11.1. The molecule has 0 aliphatic carbocycles. The SMILES string of the molecule is CS(=O)(=O)CC[C@@H](C(=O)OCc1ccc2ccccc2c1)N1C(=O)c2cc(Cl)c(Cl)cc2C1=O. The summed E-state index contributed by atoms with van der Waals surface area (Å²) in [6.07, 6.45) is 0.703. The van der Waals surface area contributed by atoms with Gasteiger partial charge in [0.05, 0.1) is 26.9 Å². The zero-order valence-electron chi connectivity index (χ0n) is 18.0. The second kappa shape index (κ2) is 9.37. The molecule has 1 aliphatic heterocycles. The summed E-state index contributed by atoms with van der Waals surface area (Å²) in [7, 11) is -3.49. The van der Waals surface area contributed by atoms with Crippen LogP contribution in [0.3, 0.4) is 0 Å². The van der Waals surface area contributed by atoms with Crippen molar-refractivity contribution in [2.45, 2.75) is 19.1 Å². The molecule has 0 bridgehead atoms. The van der Waals surface area contributed by atoms with Crippen molar-refractivity contribution in [1.82, 2.24) is 4.90 Å². The van der Waals surface area contributed by atoms with Gasteiger partial charge in [-0.3, -0.25) is 14.5 Å². The van der Waals surface area contributed by atoms with Crippen molar-refractivity contribution >= 4 is 61.6 Å². The highest BCUT2D eigenvalue weighted by Crippen LogP contribution is 2.33. The van der Waals surface area contributed by atoms with Crippen molar-refractivity contribution in [3.8, 4) is 0 Å². The van der Waals surface area contributed by atoms with E-state index in [2.05, 4.69) is 0 Å². The number of esters is 1. The first-order valence-corrected chi connectivity index (χ1v) is 13.1. The molecule has 10 heteroatoms. The molecule has 7 nitrogen and oxygen atoms in total. The predicted octanol–water partition coefficient (Wildman–Crippen LogP) is 4.29. The largest absolute Gasteiger partial charge is 0.459 e. The molecule has 1 atom stereocenters. The Bertz CT molecular complexity index is 1400. The minimum Gasteiger partial charge on any atom is -0.459 e. The maximum Gasteiger partial charge on any atom is 0.329 e. The maximum absolute atomic E-state index is 13.0. The topological polar surface area (TPSA) is 97.8 Å². The number of sulfone groups is 1. The number of imide groups is 1. The lowest BCUT2D eigenvalue weighted by molar-refractivity contribution is -0.149. The van der Waals surface area contributed by atoms with Crippen molar-refractivity contribution in [2.24, 2.45) is 0 Å². The molecule has 0 unspecified atom stereocenters. The number of halogens is 2. The Morgan fingerprint density at radius 2 is 1.53 bits per heavy atom. The number of hydrogen-bond acceptors (Lipinski definition) is 6. The summed E-state index contributed by atoms with van der Waals surface area (Å²) in [5, 5.41) is 2.13. The summed E-state index contributed by atoms with van der Waals surface area (Å²) < 4.78 is 29.0. The molecule has 34 heavy (non-hydrogen) atoms. The van der Waals surface area contributed by atoms with E-state index in [-0.39, 0.29) is 34.2 Å². The molecular weight excluding hydrogens is 501 g/mol. The monoisotopic (exact) mass is 519 g/mol. The van der Waals surface area contributed by atoms with Gasteiger partial charge < -0.3 is 4.74 Å². The van der Waals surface area contributed by atoms with E-state index in [9.17, 15) is 22.8 Å². The summed E-state index contributed by atoms with van der Waals surface area (Å²) >= 11 is 12.0. The Hall–Kier alpha value is -2.94. The van der Waals surface area contributed by atoms with Gasteiger partial charge in [0.15, 0.2) is 0 Å². The van der Waals surface area contributed by atoms with E-state index in [4.69, 9.17) is 27.9 Å². The van der Waals surface area contributed by atoms with E-state index in [1.54, 1.807) is 6.07 Å². The van der Waals surface area contributed by atoms with Gasteiger partial charge in [-0.1, -0.05) is 59.6 Å². The van der Waals surface area contributed by atoms with Crippen LogP contribution < -0.4 is 0 Å². The lowest BCUT2D eigenvalue weighted by Gasteiger charge is -2.24. The fourth-order valence-electron chi connectivity index (χ4n) is 3.79. The number of ether oxygens (including phenoxy) is 1. The number of amides is 2. The Balaban J connectivity index is 1.59. The van der Waals surface area contributed by atoms with Crippen molar-refractivity contribution in [2.75, 3.05) is 12.0 Å². The number of carbonyl (C=O) groups is 3. The van der Waals surface area contributed by atoms with Gasteiger partial charge >= 0.3 is 5.97 Å². The molecule has 3 aromatic rings. The molecule has 0 aromatic heterocycles. The standard InChI is InChI=1S/C24H19Cl2NO6S/c1-34(31,32)9-8-21(27-22(28)17-11-19(25)20(26)12-18(17)23(27)29)24(30)33-13-14-6-7-15-4-2-3-5-16(15)10-14/h2-7,10-12,21H,8-9,13H2,1H3/t21-/m0/s1. The number of nitrogens with zero attached hydrogens (tertiary/aromatic N) is 1. The van der Waals surface area contributed by atoms with E-state index in [1.165, 1.54) is 12.1 Å². The lowest BCUT2D eigenvalue weighted by Crippen LogP contribution is -2.46. The predicted molar refractivity (Wildman–Crippen MR) is 129 cm³/mol. The van der Waals surface area contributed by atoms with Crippen molar-refractivity contribution in [1.29, 1.82) is 0 Å². The van der Waals surface area contributed by atoms with Gasteiger partial charge in [-0.2, -0.15) is 0 Å². The summed E-state index contributed by atoms with van der Waals surface area (Å²) in [5.74, 6) is -2.83. The molecule has 1 aliphatic rings. The van der Waals surface area contributed by atoms with Gasteiger partial charge in [0.25, 0.3) is 11.8 Å². The van der Waals surface area contributed by atoms with Gasteiger partial charge in [-0.05, 0) is 41.0 Å². The highest BCUT2D eigenvalue weighted by molar-refractivity contribution is 7.90. The van der Waals surface area contributed by atoms with Gasteiger partial charge in [-0.15, -0.1) is 0 Å². The summed E-state index contributed by atoms with van der Waals surface area (Å²) in [6.45, 7) is -0.111. The third-order valence-corrected chi connectivity index (χ3v) is 7.20. The normalized spacial score (nSPS) is 14.4. The summed E-state index contributed by atoms with van der Waals surface area (Å²) in [4.78, 5) is 39.8. The lowest BCUT2D eigenvalue weighted by atomic mass is 10.1. The molecule has 0 N–H and O–H groups in total. The first kappa shape index (κ1) is 24.2. The van der Waals surface area contributed by atoms with Crippen LogP contribution >= 0.6 is 23.2 Å². The van der Waals surface area contributed by atoms with E-state index in [0.717, 1.165) is 21.9 Å². The van der Waals surface area contributed by atoms with Gasteiger partial charge in [0, 0.05) is 6.26 Å². The highest BCUT2D eigenvalue weighted by Gasteiger charge is 2.44. The molecule has 4 rings (SSSR count). The number of rotatable bonds is 7. The molecule has 2 amide bonds. The zero-order chi connectivity index (χ0) is 24.6. The third kappa shape index (κ3) is 4.94. The number of fused-ring (bicyclic) bond motifs is 2. The Morgan fingerprint density at radius 1 is 0.941 bits per heavy atom. The van der Waals surface area contributed by atoms with Crippen LogP contribution in [0.4, 0.5) is 0 Å². The molecule has 0 radical (unpaired) electrons. The van der Waals surface area contributed by atoms with Crippen LogP contribution in [0.5, 0.6) is 0 Å². The van der Waals surface area contributed by atoms with Crippen molar-refractivity contribution in [3.63, 3.8) is 0 Å². The van der Waals surface area contributed by atoms with Crippen LogP contribution in [0, 0.1) is 0 Å². The first-order valence-electron chi connectivity index (χ1n) is 10.2. The average molecular weight is 520 g/mol. The quantitative estimate of drug-likeness (QED) is 0.341. The van der Waals surface area contributed by atoms with Crippen LogP contribution in [-0.4, -0.2) is 49.2 Å². The fraction of sp³-hybridized carbons (Fsp3) is 0.208. The number of benzene rings is 3. The Morgan fingerprint density at radius 3 is 2.12 bits per heavy atom. The fourth-order valence-corrected chi connectivity index (χ4v) is 4.77. The molecule has 176 valence electrons. The van der Waals surface area contributed by atoms with Crippen molar-refractivity contribution < 1.29 is 27.5 Å². The van der Waals surface area contributed by atoms with Crippen LogP contribution in [0.15, 0.2) is 54.6 Å². The molecule has 0 fully saturated rings. The first-order chi connectivity index (χ1) is 16.0. The van der Waals surface area contributed by atoms with E-state index in [0.29, 0.717) is 5.56 Å². The van der Waals surface area contributed by atoms with Crippen LogP contribution in [-0.2, 0) is 26.0 Å². The van der Waals surface area contributed by atoms with Crippen LogP contribution in [0.1, 0.15) is 32.7 Å². The van der Waals surface area contributed by atoms with Gasteiger partial charge in [-0.25, -0.2) is 13.2 Å². The molecule has 0 saturated heterocycles. The summed E-state index contributed by atoms with van der Waals surface area (Å²) in [6, 6.07) is 14.3. The maximum atomic E-state index is 13.0. The Kier molecular flexibility index (Phi) is 6.66. The molecule has 1 heterocycles.